The Morgan fingerprint density at radius 1 is 1.45 bits per heavy atom. The highest BCUT2D eigenvalue weighted by atomic mass is 32.2. The summed E-state index contributed by atoms with van der Waals surface area (Å²) in [6, 6.07) is 0. The normalized spacial score (nSPS) is 12.6. The summed E-state index contributed by atoms with van der Waals surface area (Å²) in [6.07, 6.45) is 2.10. The van der Waals surface area contributed by atoms with Crippen molar-refractivity contribution in [3.63, 3.8) is 0 Å². The quantitative estimate of drug-likeness (QED) is 0.779. The Morgan fingerprint density at radius 2 is 2.00 bits per heavy atom. The van der Waals surface area contributed by atoms with Gasteiger partial charge in [0.25, 0.3) is 10.0 Å². The van der Waals surface area contributed by atoms with Crippen molar-refractivity contribution in [3.05, 3.63) is 12.0 Å². The van der Waals surface area contributed by atoms with Crippen molar-refractivity contribution in [1.29, 1.82) is 0 Å². The number of imidazole rings is 1. The van der Waals surface area contributed by atoms with Gasteiger partial charge in [-0.1, -0.05) is 13.8 Å². The van der Waals surface area contributed by atoms with E-state index >= 15 is 0 Å². The van der Waals surface area contributed by atoms with Gasteiger partial charge in [-0.2, -0.15) is 0 Å². The maximum Gasteiger partial charge on any atom is 0.310 e. The lowest BCUT2D eigenvalue weighted by atomic mass is 9.83. The lowest BCUT2D eigenvalue weighted by molar-refractivity contribution is -0.149. The van der Waals surface area contributed by atoms with Crippen LogP contribution in [0.2, 0.25) is 0 Å². The van der Waals surface area contributed by atoms with Gasteiger partial charge in [0.1, 0.15) is 5.82 Å². The SMILES string of the molecule is CCC(CC)(CNS(=O)(=O)c1cn(C)c(C)n1)C(=O)O. The third-order valence-corrected chi connectivity index (χ3v) is 5.04. The zero-order valence-corrected chi connectivity index (χ0v) is 13.0. The molecule has 0 radical (unpaired) electrons. The number of carbonyl (C=O) groups is 1. The predicted octanol–water partition coefficient (Wildman–Crippen LogP) is 0.898. The molecular formula is C12H21N3O4S. The number of sulfonamides is 1. The van der Waals surface area contributed by atoms with Crippen LogP contribution in [-0.4, -0.2) is 35.6 Å². The van der Waals surface area contributed by atoms with E-state index in [2.05, 4.69) is 9.71 Å². The van der Waals surface area contributed by atoms with Gasteiger partial charge in [-0.25, -0.2) is 18.1 Å². The number of nitrogens with one attached hydrogen (secondary N) is 1. The van der Waals surface area contributed by atoms with Gasteiger partial charge in [0.05, 0.1) is 5.41 Å². The Balaban J connectivity index is 2.95. The third-order valence-electron chi connectivity index (χ3n) is 3.77. The van der Waals surface area contributed by atoms with Crippen molar-refractivity contribution in [1.82, 2.24) is 14.3 Å². The summed E-state index contributed by atoms with van der Waals surface area (Å²) in [5.74, 6) is -0.428. The van der Waals surface area contributed by atoms with Crippen LogP contribution in [0.25, 0.3) is 0 Å². The minimum absolute atomic E-state index is 0.0935. The highest BCUT2D eigenvalue weighted by molar-refractivity contribution is 7.89. The van der Waals surface area contributed by atoms with Crippen molar-refractivity contribution in [2.45, 2.75) is 38.6 Å². The molecule has 1 aromatic rings. The van der Waals surface area contributed by atoms with Crippen LogP contribution in [0.3, 0.4) is 0 Å². The second kappa shape index (κ2) is 5.92. The van der Waals surface area contributed by atoms with E-state index < -0.39 is 21.4 Å². The Labute approximate surface area is 119 Å². The average molecular weight is 303 g/mol. The molecule has 2 N–H and O–H groups in total. The number of aromatic nitrogens is 2. The fourth-order valence-electron chi connectivity index (χ4n) is 1.84. The highest BCUT2D eigenvalue weighted by Crippen LogP contribution is 2.26. The molecule has 1 rings (SSSR count). The first-order valence-corrected chi connectivity index (χ1v) is 7.90. The van der Waals surface area contributed by atoms with E-state index in [1.807, 2.05) is 0 Å². The first kappa shape index (κ1) is 16.6. The smallest absolute Gasteiger partial charge is 0.310 e. The minimum atomic E-state index is -3.79. The number of carboxylic acid groups (broad SMARTS) is 1. The Bertz CT molecular complexity index is 568. The number of nitrogens with zero attached hydrogens (tertiary/aromatic N) is 2. The molecule has 8 heteroatoms. The average Bonchev–Trinajstić information content (AvgIpc) is 2.72. The van der Waals surface area contributed by atoms with Crippen molar-refractivity contribution in [2.75, 3.05) is 6.54 Å². The molecule has 0 amide bonds. The summed E-state index contributed by atoms with van der Waals surface area (Å²) in [6.45, 7) is 5.01. The molecule has 114 valence electrons. The van der Waals surface area contributed by atoms with Gasteiger partial charge in [-0.05, 0) is 19.8 Å². The molecular weight excluding hydrogens is 282 g/mol. The molecule has 0 spiro atoms. The topological polar surface area (TPSA) is 101 Å². The fraction of sp³-hybridized carbons (Fsp3) is 0.667. The molecule has 0 aliphatic carbocycles. The molecule has 1 aromatic heterocycles. The van der Waals surface area contributed by atoms with E-state index in [0.717, 1.165) is 0 Å². The van der Waals surface area contributed by atoms with Crippen LogP contribution >= 0.6 is 0 Å². The van der Waals surface area contributed by atoms with E-state index in [1.54, 1.807) is 32.4 Å². The second-order valence-electron chi connectivity index (χ2n) is 4.85. The van der Waals surface area contributed by atoms with Crippen molar-refractivity contribution < 1.29 is 18.3 Å². The van der Waals surface area contributed by atoms with Crippen molar-refractivity contribution in [3.8, 4) is 0 Å². The molecule has 0 aliphatic rings. The number of hydrogen-bond donors (Lipinski definition) is 2. The molecule has 20 heavy (non-hydrogen) atoms. The molecule has 0 bridgehead atoms. The van der Waals surface area contributed by atoms with E-state index in [4.69, 9.17) is 0 Å². The van der Waals surface area contributed by atoms with Gasteiger partial charge in [-0.3, -0.25) is 4.79 Å². The molecule has 0 saturated carbocycles. The van der Waals surface area contributed by atoms with E-state index in [9.17, 15) is 18.3 Å². The largest absolute Gasteiger partial charge is 0.481 e. The van der Waals surface area contributed by atoms with E-state index in [0.29, 0.717) is 18.7 Å². The van der Waals surface area contributed by atoms with Gasteiger partial charge >= 0.3 is 5.97 Å². The van der Waals surface area contributed by atoms with Gasteiger partial charge < -0.3 is 9.67 Å². The lowest BCUT2D eigenvalue weighted by Gasteiger charge is -2.26. The third kappa shape index (κ3) is 3.18. The summed E-state index contributed by atoms with van der Waals surface area (Å²) >= 11 is 0. The summed E-state index contributed by atoms with van der Waals surface area (Å²) in [4.78, 5) is 15.3. The Hall–Kier alpha value is -1.41. The van der Waals surface area contributed by atoms with Gasteiger partial charge in [-0.15, -0.1) is 0 Å². The molecule has 0 aromatic carbocycles. The Morgan fingerprint density at radius 3 is 2.35 bits per heavy atom. The minimum Gasteiger partial charge on any atom is -0.481 e. The standard InChI is InChI=1S/C12H21N3O4S/c1-5-12(6-2,11(16)17)8-13-20(18,19)10-7-15(4)9(3)14-10/h7,13H,5-6,8H2,1-4H3,(H,16,17). The zero-order chi connectivity index (χ0) is 15.6. The van der Waals surface area contributed by atoms with Crippen LogP contribution in [0.5, 0.6) is 0 Å². The van der Waals surface area contributed by atoms with Crippen LogP contribution < -0.4 is 4.72 Å². The summed E-state index contributed by atoms with van der Waals surface area (Å²) < 4.78 is 28.2. The molecule has 1 heterocycles. The lowest BCUT2D eigenvalue weighted by Crippen LogP contribution is -2.42. The molecule has 0 atom stereocenters. The fourth-order valence-corrected chi connectivity index (χ4v) is 3.00. The number of carboxylic acids is 1. The van der Waals surface area contributed by atoms with E-state index in [-0.39, 0.29) is 11.6 Å². The second-order valence-corrected chi connectivity index (χ2v) is 6.57. The van der Waals surface area contributed by atoms with Gasteiger partial charge in [0, 0.05) is 19.8 Å². The first-order valence-electron chi connectivity index (χ1n) is 6.41. The van der Waals surface area contributed by atoms with Crippen LogP contribution in [-0.2, 0) is 21.9 Å². The highest BCUT2D eigenvalue weighted by Gasteiger charge is 2.36. The number of aryl methyl sites for hydroxylation is 2. The number of hydrogen-bond acceptors (Lipinski definition) is 4. The van der Waals surface area contributed by atoms with E-state index in [1.165, 1.54) is 6.20 Å². The Kier molecular flexibility index (Phi) is 4.93. The molecule has 7 nitrogen and oxygen atoms in total. The maximum absolute atomic E-state index is 12.1. The summed E-state index contributed by atoms with van der Waals surface area (Å²) in [5, 5.41) is 9.19. The first-order chi connectivity index (χ1) is 9.18. The molecule has 0 saturated heterocycles. The van der Waals surface area contributed by atoms with Crippen LogP contribution in [0.15, 0.2) is 11.2 Å². The number of aliphatic carboxylic acids is 1. The van der Waals surface area contributed by atoms with Crippen molar-refractivity contribution in [2.24, 2.45) is 12.5 Å². The molecule has 0 fully saturated rings. The summed E-state index contributed by atoms with van der Waals surface area (Å²) in [7, 11) is -2.10. The monoisotopic (exact) mass is 303 g/mol. The predicted molar refractivity (Wildman–Crippen MR) is 73.8 cm³/mol. The van der Waals surface area contributed by atoms with Crippen LogP contribution in [0, 0.1) is 12.3 Å². The van der Waals surface area contributed by atoms with Gasteiger partial charge in [0.2, 0.25) is 0 Å². The maximum atomic E-state index is 12.1. The van der Waals surface area contributed by atoms with Gasteiger partial charge in [0.15, 0.2) is 5.03 Å². The molecule has 0 unspecified atom stereocenters. The van der Waals surface area contributed by atoms with Crippen molar-refractivity contribution >= 4 is 16.0 Å². The summed E-state index contributed by atoms with van der Waals surface area (Å²) in [5.41, 5.74) is -1.09. The molecule has 0 aliphatic heterocycles. The van der Waals surface area contributed by atoms with Crippen LogP contribution in [0.4, 0.5) is 0 Å². The van der Waals surface area contributed by atoms with Crippen LogP contribution in [0.1, 0.15) is 32.5 Å². The zero-order valence-electron chi connectivity index (χ0n) is 12.2. The number of rotatable bonds is 7.